The van der Waals surface area contributed by atoms with Crippen LogP contribution in [0.25, 0.3) is 0 Å². The van der Waals surface area contributed by atoms with Crippen LogP contribution < -0.4 is 5.73 Å². The quantitative estimate of drug-likeness (QED) is 0.842. The molecular formula is C12H21N3O. The smallest absolute Gasteiger partial charge is 0.0628 e. The molecule has 0 amide bonds. The molecule has 1 aromatic heterocycles. The van der Waals surface area contributed by atoms with Crippen LogP contribution >= 0.6 is 0 Å². The van der Waals surface area contributed by atoms with E-state index in [4.69, 9.17) is 10.5 Å². The average molecular weight is 223 g/mol. The number of hydrogen-bond donors (Lipinski definition) is 1. The van der Waals surface area contributed by atoms with E-state index in [1.54, 1.807) is 0 Å². The summed E-state index contributed by atoms with van der Waals surface area (Å²) in [6, 6.07) is 2.77. The van der Waals surface area contributed by atoms with Crippen molar-refractivity contribution in [3.63, 3.8) is 0 Å². The Morgan fingerprint density at radius 2 is 2.44 bits per heavy atom. The molecule has 2 N–H and O–H groups in total. The van der Waals surface area contributed by atoms with Crippen molar-refractivity contribution in [1.29, 1.82) is 0 Å². The van der Waals surface area contributed by atoms with Crippen molar-refractivity contribution in [1.82, 2.24) is 9.78 Å². The average Bonchev–Trinajstić information content (AvgIpc) is 2.70. The molecule has 90 valence electrons. The summed E-state index contributed by atoms with van der Waals surface area (Å²) in [5.74, 6) is 0.421. The monoisotopic (exact) mass is 223 g/mol. The van der Waals surface area contributed by atoms with Gasteiger partial charge in [0.05, 0.1) is 12.3 Å². The number of aromatic nitrogens is 2. The van der Waals surface area contributed by atoms with Crippen molar-refractivity contribution < 1.29 is 4.74 Å². The van der Waals surface area contributed by atoms with E-state index >= 15 is 0 Å². The van der Waals surface area contributed by atoms with E-state index in [2.05, 4.69) is 25.0 Å². The van der Waals surface area contributed by atoms with Crippen molar-refractivity contribution >= 4 is 0 Å². The lowest BCUT2D eigenvalue weighted by atomic mass is 9.92. The van der Waals surface area contributed by atoms with Gasteiger partial charge >= 0.3 is 0 Å². The third kappa shape index (κ3) is 2.62. The van der Waals surface area contributed by atoms with Gasteiger partial charge in [0.25, 0.3) is 0 Å². The first-order chi connectivity index (χ1) is 7.66. The molecule has 0 aliphatic carbocycles. The van der Waals surface area contributed by atoms with Crippen LogP contribution in [0.1, 0.15) is 32.0 Å². The van der Waals surface area contributed by atoms with Crippen LogP contribution in [0.5, 0.6) is 0 Å². The third-order valence-corrected chi connectivity index (χ3v) is 3.20. The maximum Gasteiger partial charge on any atom is 0.0628 e. The summed E-state index contributed by atoms with van der Waals surface area (Å²) < 4.78 is 7.46. The van der Waals surface area contributed by atoms with Gasteiger partial charge in [-0.2, -0.15) is 5.10 Å². The highest BCUT2D eigenvalue weighted by molar-refractivity contribution is 5.02. The highest BCUT2D eigenvalue weighted by Crippen LogP contribution is 2.17. The Labute approximate surface area is 96.8 Å². The van der Waals surface area contributed by atoms with Crippen molar-refractivity contribution in [2.75, 3.05) is 13.2 Å². The fourth-order valence-electron chi connectivity index (χ4n) is 2.07. The number of rotatable bonds is 3. The van der Waals surface area contributed by atoms with Crippen LogP contribution in [0, 0.1) is 5.92 Å². The molecule has 0 aromatic carbocycles. The molecule has 1 aliphatic heterocycles. The summed E-state index contributed by atoms with van der Waals surface area (Å²) in [4.78, 5) is 0. The first-order valence-corrected chi connectivity index (χ1v) is 6.04. The van der Waals surface area contributed by atoms with Crippen LogP contribution in [0.4, 0.5) is 0 Å². The number of nitrogens with zero attached hydrogens (tertiary/aromatic N) is 2. The lowest BCUT2D eigenvalue weighted by Crippen LogP contribution is -2.39. The Hall–Kier alpha value is -0.870. The standard InChI is InChI=1S/C12H21N3O/c1-9(2)15-5-3-11(14-15)7-10-8-16-6-4-12(10)13/h3,5,9-10,12H,4,6-8,13H2,1-2H3. The minimum absolute atomic E-state index is 0.262. The fraction of sp³-hybridized carbons (Fsp3) is 0.750. The molecule has 0 bridgehead atoms. The summed E-state index contributed by atoms with van der Waals surface area (Å²) in [5, 5.41) is 4.54. The second-order valence-corrected chi connectivity index (χ2v) is 4.87. The van der Waals surface area contributed by atoms with Gasteiger partial charge in [0, 0.05) is 30.8 Å². The molecule has 16 heavy (non-hydrogen) atoms. The van der Waals surface area contributed by atoms with E-state index in [0.717, 1.165) is 31.7 Å². The second-order valence-electron chi connectivity index (χ2n) is 4.87. The van der Waals surface area contributed by atoms with E-state index in [1.807, 2.05) is 10.9 Å². The zero-order valence-corrected chi connectivity index (χ0v) is 10.1. The Kier molecular flexibility index (Phi) is 3.61. The lowest BCUT2D eigenvalue weighted by Gasteiger charge is -2.28. The van der Waals surface area contributed by atoms with Crippen LogP contribution in [0.15, 0.2) is 12.3 Å². The largest absolute Gasteiger partial charge is 0.381 e. The summed E-state index contributed by atoms with van der Waals surface area (Å²) in [5.41, 5.74) is 7.20. The Morgan fingerprint density at radius 1 is 1.62 bits per heavy atom. The Balaban J connectivity index is 1.97. The van der Waals surface area contributed by atoms with Crippen molar-refractivity contribution in [3.8, 4) is 0 Å². The maximum absolute atomic E-state index is 6.08. The van der Waals surface area contributed by atoms with E-state index in [0.29, 0.717) is 12.0 Å². The van der Waals surface area contributed by atoms with E-state index < -0.39 is 0 Å². The third-order valence-electron chi connectivity index (χ3n) is 3.20. The van der Waals surface area contributed by atoms with Gasteiger partial charge in [-0.3, -0.25) is 4.68 Å². The van der Waals surface area contributed by atoms with Crippen LogP contribution in [0.2, 0.25) is 0 Å². The molecule has 2 unspecified atom stereocenters. The minimum Gasteiger partial charge on any atom is -0.381 e. The first kappa shape index (κ1) is 11.6. The zero-order chi connectivity index (χ0) is 11.5. The first-order valence-electron chi connectivity index (χ1n) is 6.04. The zero-order valence-electron chi connectivity index (χ0n) is 10.1. The van der Waals surface area contributed by atoms with Gasteiger partial charge in [0.2, 0.25) is 0 Å². The SMILES string of the molecule is CC(C)n1ccc(CC2COCCC2N)n1. The molecule has 1 saturated heterocycles. The van der Waals surface area contributed by atoms with Gasteiger partial charge in [-0.05, 0) is 32.8 Å². The number of nitrogens with two attached hydrogens (primary N) is 1. The molecule has 2 atom stereocenters. The molecule has 4 heteroatoms. The topological polar surface area (TPSA) is 53.1 Å². The van der Waals surface area contributed by atoms with E-state index in [9.17, 15) is 0 Å². The highest BCUT2D eigenvalue weighted by atomic mass is 16.5. The molecule has 1 fully saturated rings. The fourth-order valence-corrected chi connectivity index (χ4v) is 2.07. The molecule has 0 saturated carbocycles. The van der Waals surface area contributed by atoms with Gasteiger partial charge in [0.1, 0.15) is 0 Å². The molecular weight excluding hydrogens is 202 g/mol. The molecule has 4 nitrogen and oxygen atoms in total. The lowest BCUT2D eigenvalue weighted by molar-refractivity contribution is 0.0418. The summed E-state index contributed by atoms with van der Waals surface area (Å²) in [6.07, 6.45) is 3.94. The maximum atomic E-state index is 6.08. The molecule has 1 aliphatic rings. The van der Waals surface area contributed by atoms with E-state index in [1.165, 1.54) is 0 Å². The van der Waals surface area contributed by atoms with Gasteiger partial charge in [-0.1, -0.05) is 0 Å². The highest BCUT2D eigenvalue weighted by Gasteiger charge is 2.23. The Bertz CT molecular complexity index is 335. The van der Waals surface area contributed by atoms with Crippen molar-refractivity contribution in [2.24, 2.45) is 11.7 Å². The van der Waals surface area contributed by atoms with Gasteiger partial charge in [-0.15, -0.1) is 0 Å². The van der Waals surface area contributed by atoms with Crippen LogP contribution in [0.3, 0.4) is 0 Å². The van der Waals surface area contributed by atoms with Crippen LogP contribution in [-0.4, -0.2) is 29.0 Å². The normalized spacial score (nSPS) is 26.2. The summed E-state index contributed by atoms with van der Waals surface area (Å²) in [6.45, 7) is 5.84. The van der Waals surface area contributed by atoms with Crippen LogP contribution in [-0.2, 0) is 11.2 Å². The minimum atomic E-state index is 0.262. The van der Waals surface area contributed by atoms with Crippen molar-refractivity contribution in [3.05, 3.63) is 18.0 Å². The summed E-state index contributed by atoms with van der Waals surface area (Å²) >= 11 is 0. The van der Waals surface area contributed by atoms with Gasteiger partial charge < -0.3 is 10.5 Å². The Morgan fingerprint density at radius 3 is 3.06 bits per heavy atom. The molecule has 0 radical (unpaired) electrons. The molecule has 2 heterocycles. The van der Waals surface area contributed by atoms with Gasteiger partial charge in [-0.25, -0.2) is 0 Å². The predicted molar refractivity (Wildman–Crippen MR) is 63.2 cm³/mol. The van der Waals surface area contributed by atoms with Crippen molar-refractivity contribution in [2.45, 2.75) is 38.8 Å². The number of hydrogen-bond acceptors (Lipinski definition) is 3. The van der Waals surface area contributed by atoms with E-state index in [-0.39, 0.29) is 6.04 Å². The second kappa shape index (κ2) is 4.97. The summed E-state index contributed by atoms with van der Waals surface area (Å²) in [7, 11) is 0. The molecule has 1 aromatic rings. The molecule has 0 spiro atoms. The molecule has 2 rings (SSSR count). The van der Waals surface area contributed by atoms with Gasteiger partial charge in [0.15, 0.2) is 0 Å². The predicted octanol–water partition coefficient (Wildman–Crippen LogP) is 1.37. The number of ether oxygens (including phenoxy) is 1.